The van der Waals surface area contributed by atoms with Crippen molar-refractivity contribution < 1.29 is 4.79 Å². The lowest BCUT2D eigenvalue weighted by molar-refractivity contribution is -0.127. The van der Waals surface area contributed by atoms with Gasteiger partial charge in [0, 0.05) is 22.2 Å². The Morgan fingerprint density at radius 2 is 2.15 bits per heavy atom. The standard InChI is InChI=1S/C17H17NOS/c1-3-17(19)18-10-15(13-7-5-4-6-8-13)14-9-12(2)20-16(14)11-18/h3-9,15H,1,10-11H2,2H3/t15-/m0/s1. The Bertz CT molecular complexity index is 644. The minimum atomic E-state index is 0.0163. The maximum absolute atomic E-state index is 12.0. The monoisotopic (exact) mass is 283 g/mol. The Balaban J connectivity index is 2.03. The Morgan fingerprint density at radius 1 is 1.40 bits per heavy atom. The van der Waals surface area contributed by atoms with Gasteiger partial charge in [0.1, 0.15) is 0 Å². The van der Waals surface area contributed by atoms with Gasteiger partial charge in [-0.15, -0.1) is 11.3 Å². The van der Waals surface area contributed by atoms with Gasteiger partial charge in [0.2, 0.25) is 5.91 Å². The highest BCUT2D eigenvalue weighted by molar-refractivity contribution is 7.12. The molecule has 0 saturated carbocycles. The minimum absolute atomic E-state index is 0.0163. The summed E-state index contributed by atoms with van der Waals surface area (Å²) < 4.78 is 0. The third-order valence-corrected chi connectivity index (χ3v) is 4.82. The molecule has 1 aliphatic rings. The van der Waals surface area contributed by atoms with E-state index in [0.29, 0.717) is 6.54 Å². The summed E-state index contributed by atoms with van der Waals surface area (Å²) in [6.45, 7) is 7.18. The van der Waals surface area contributed by atoms with Crippen molar-refractivity contribution in [1.29, 1.82) is 0 Å². The van der Waals surface area contributed by atoms with Crippen molar-refractivity contribution >= 4 is 17.2 Å². The predicted molar refractivity (Wildman–Crippen MR) is 83.0 cm³/mol. The number of rotatable bonds is 2. The normalized spacial score (nSPS) is 17.6. The van der Waals surface area contributed by atoms with Crippen molar-refractivity contribution in [2.45, 2.75) is 19.4 Å². The summed E-state index contributed by atoms with van der Waals surface area (Å²) in [6.07, 6.45) is 1.41. The molecule has 0 saturated heterocycles. The van der Waals surface area contributed by atoms with E-state index in [1.165, 1.54) is 27.0 Å². The molecule has 0 bridgehead atoms. The number of hydrogen-bond acceptors (Lipinski definition) is 2. The lowest BCUT2D eigenvalue weighted by atomic mass is 9.88. The molecule has 0 fully saturated rings. The van der Waals surface area contributed by atoms with Crippen LogP contribution in [0, 0.1) is 6.92 Å². The summed E-state index contributed by atoms with van der Waals surface area (Å²) in [7, 11) is 0. The molecule has 1 aromatic carbocycles. The highest BCUT2D eigenvalue weighted by Gasteiger charge is 2.29. The smallest absolute Gasteiger partial charge is 0.246 e. The SMILES string of the molecule is C=CC(=O)N1Cc2sc(C)cc2[C@H](c2ccccc2)C1. The second-order valence-electron chi connectivity index (χ2n) is 5.12. The number of amides is 1. The zero-order valence-electron chi connectivity index (χ0n) is 11.5. The number of fused-ring (bicyclic) bond motifs is 1. The molecule has 20 heavy (non-hydrogen) atoms. The molecule has 0 radical (unpaired) electrons. The van der Waals surface area contributed by atoms with Crippen LogP contribution in [0.25, 0.3) is 0 Å². The average Bonchev–Trinajstić information content (AvgIpc) is 2.86. The van der Waals surface area contributed by atoms with Gasteiger partial charge in [-0.3, -0.25) is 4.79 Å². The van der Waals surface area contributed by atoms with Crippen LogP contribution in [0.15, 0.2) is 49.1 Å². The van der Waals surface area contributed by atoms with Gasteiger partial charge in [-0.1, -0.05) is 36.9 Å². The Morgan fingerprint density at radius 3 is 2.85 bits per heavy atom. The van der Waals surface area contributed by atoms with Gasteiger partial charge < -0.3 is 4.90 Å². The summed E-state index contributed by atoms with van der Waals surface area (Å²) in [5.41, 5.74) is 2.65. The van der Waals surface area contributed by atoms with E-state index in [0.717, 1.165) is 6.54 Å². The van der Waals surface area contributed by atoms with Crippen molar-refractivity contribution in [2.75, 3.05) is 6.54 Å². The predicted octanol–water partition coefficient (Wildman–Crippen LogP) is 3.72. The molecular formula is C17H17NOS. The Hall–Kier alpha value is -1.87. The first kappa shape index (κ1) is 13.1. The van der Waals surface area contributed by atoms with E-state index in [-0.39, 0.29) is 11.8 Å². The van der Waals surface area contributed by atoms with Crippen LogP contribution in [0.4, 0.5) is 0 Å². The average molecular weight is 283 g/mol. The molecule has 0 unspecified atom stereocenters. The molecule has 0 N–H and O–H groups in total. The second-order valence-corrected chi connectivity index (χ2v) is 6.46. The van der Waals surface area contributed by atoms with E-state index in [1.54, 1.807) is 11.3 Å². The fraction of sp³-hybridized carbons (Fsp3) is 0.235. The number of nitrogens with zero attached hydrogens (tertiary/aromatic N) is 1. The van der Waals surface area contributed by atoms with E-state index in [4.69, 9.17) is 0 Å². The van der Waals surface area contributed by atoms with Crippen LogP contribution in [0.5, 0.6) is 0 Å². The summed E-state index contributed by atoms with van der Waals surface area (Å²) in [5, 5.41) is 0. The number of carbonyl (C=O) groups is 1. The number of carbonyl (C=O) groups excluding carboxylic acids is 1. The van der Waals surface area contributed by atoms with Gasteiger partial charge >= 0.3 is 0 Å². The maximum Gasteiger partial charge on any atom is 0.246 e. The number of hydrogen-bond donors (Lipinski definition) is 0. The summed E-state index contributed by atoms with van der Waals surface area (Å²) in [4.78, 5) is 16.5. The fourth-order valence-electron chi connectivity index (χ4n) is 2.82. The molecule has 1 amide bonds. The van der Waals surface area contributed by atoms with Crippen LogP contribution in [0.1, 0.15) is 26.8 Å². The van der Waals surface area contributed by atoms with Crippen LogP contribution in [0.3, 0.4) is 0 Å². The molecule has 2 aromatic rings. The van der Waals surface area contributed by atoms with Gasteiger partial charge in [-0.05, 0) is 30.2 Å². The molecule has 2 nitrogen and oxygen atoms in total. The van der Waals surface area contributed by atoms with Gasteiger partial charge in [-0.2, -0.15) is 0 Å². The highest BCUT2D eigenvalue weighted by atomic mass is 32.1. The largest absolute Gasteiger partial charge is 0.333 e. The third kappa shape index (κ3) is 2.29. The van der Waals surface area contributed by atoms with Crippen molar-refractivity contribution in [3.05, 3.63) is 69.9 Å². The molecule has 3 heteroatoms. The number of thiophene rings is 1. The second kappa shape index (κ2) is 5.25. The van der Waals surface area contributed by atoms with E-state index in [9.17, 15) is 4.79 Å². The first-order valence-corrected chi connectivity index (χ1v) is 7.56. The molecule has 1 aromatic heterocycles. The molecular weight excluding hydrogens is 266 g/mol. The summed E-state index contributed by atoms with van der Waals surface area (Å²) in [5.74, 6) is 0.288. The molecule has 3 rings (SSSR count). The molecule has 0 spiro atoms. The van der Waals surface area contributed by atoms with Crippen LogP contribution < -0.4 is 0 Å². The van der Waals surface area contributed by atoms with Crippen molar-refractivity contribution in [2.24, 2.45) is 0 Å². The van der Waals surface area contributed by atoms with Gasteiger partial charge in [-0.25, -0.2) is 0 Å². The molecule has 0 aliphatic carbocycles. The topological polar surface area (TPSA) is 20.3 Å². The zero-order chi connectivity index (χ0) is 14.1. The zero-order valence-corrected chi connectivity index (χ0v) is 12.3. The van der Waals surface area contributed by atoms with Crippen LogP contribution in [0.2, 0.25) is 0 Å². The van der Waals surface area contributed by atoms with Crippen LogP contribution in [-0.4, -0.2) is 17.4 Å². The lowest BCUT2D eigenvalue weighted by Gasteiger charge is -2.32. The van der Waals surface area contributed by atoms with E-state index in [1.807, 2.05) is 11.0 Å². The third-order valence-electron chi connectivity index (χ3n) is 3.77. The van der Waals surface area contributed by atoms with Crippen molar-refractivity contribution in [1.82, 2.24) is 4.90 Å². The minimum Gasteiger partial charge on any atom is -0.333 e. The van der Waals surface area contributed by atoms with Gasteiger partial charge in [0.15, 0.2) is 0 Å². The molecule has 2 heterocycles. The van der Waals surface area contributed by atoms with Crippen LogP contribution in [-0.2, 0) is 11.3 Å². The quantitative estimate of drug-likeness (QED) is 0.769. The Kier molecular flexibility index (Phi) is 3.45. The van der Waals surface area contributed by atoms with E-state index in [2.05, 4.69) is 43.8 Å². The molecule has 1 atom stereocenters. The lowest BCUT2D eigenvalue weighted by Crippen LogP contribution is -2.36. The fourth-order valence-corrected chi connectivity index (χ4v) is 3.94. The van der Waals surface area contributed by atoms with Crippen molar-refractivity contribution in [3.63, 3.8) is 0 Å². The summed E-state index contributed by atoms with van der Waals surface area (Å²) >= 11 is 1.79. The number of aryl methyl sites for hydroxylation is 1. The van der Waals surface area contributed by atoms with Crippen LogP contribution >= 0.6 is 11.3 Å². The molecule has 1 aliphatic heterocycles. The van der Waals surface area contributed by atoms with E-state index < -0.39 is 0 Å². The first-order valence-electron chi connectivity index (χ1n) is 6.74. The van der Waals surface area contributed by atoms with E-state index >= 15 is 0 Å². The van der Waals surface area contributed by atoms with Crippen molar-refractivity contribution in [3.8, 4) is 0 Å². The maximum atomic E-state index is 12.0. The molecule has 102 valence electrons. The Labute approximate surface area is 123 Å². The first-order chi connectivity index (χ1) is 9.69. The van der Waals surface area contributed by atoms with Gasteiger partial charge in [0.25, 0.3) is 0 Å². The summed E-state index contributed by atoms with van der Waals surface area (Å²) in [6, 6.07) is 12.7. The highest BCUT2D eigenvalue weighted by Crippen LogP contribution is 2.38. The van der Waals surface area contributed by atoms with Gasteiger partial charge in [0.05, 0.1) is 6.54 Å². The number of benzene rings is 1.